The van der Waals surface area contributed by atoms with Gasteiger partial charge in [0.25, 0.3) is 5.91 Å². The molecule has 3 rings (SSSR count). The van der Waals surface area contributed by atoms with E-state index in [9.17, 15) is 18.0 Å². The Morgan fingerprint density at radius 1 is 1.13 bits per heavy atom. The van der Waals surface area contributed by atoms with Crippen LogP contribution in [-0.4, -0.2) is 61.2 Å². The number of rotatable bonds is 5. The summed E-state index contributed by atoms with van der Waals surface area (Å²) in [4.78, 5) is 28.8. The van der Waals surface area contributed by atoms with Crippen molar-refractivity contribution >= 4 is 22.0 Å². The minimum atomic E-state index is -3.77. The molecular weight excluding hydrogens is 320 g/mol. The molecule has 9 heteroatoms. The van der Waals surface area contributed by atoms with E-state index in [4.69, 9.17) is 0 Å². The molecule has 23 heavy (non-hydrogen) atoms. The number of hydrazine groups is 1. The molecule has 130 valence electrons. The smallest absolute Gasteiger partial charge is 0.322 e. The topological polar surface area (TPSA) is 98.8 Å². The lowest BCUT2D eigenvalue weighted by Gasteiger charge is -2.30. The third-order valence-corrected chi connectivity index (χ3v) is 6.71. The van der Waals surface area contributed by atoms with Crippen molar-refractivity contribution in [2.75, 3.05) is 19.8 Å². The summed E-state index contributed by atoms with van der Waals surface area (Å²) >= 11 is 0. The Morgan fingerprint density at radius 2 is 1.74 bits per heavy atom. The van der Waals surface area contributed by atoms with Crippen LogP contribution in [-0.2, 0) is 14.8 Å². The molecule has 0 radical (unpaired) electrons. The molecule has 0 aromatic carbocycles. The van der Waals surface area contributed by atoms with Crippen molar-refractivity contribution in [1.82, 2.24) is 20.1 Å². The second kappa shape index (κ2) is 5.42. The van der Waals surface area contributed by atoms with Gasteiger partial charge in [0.05, 0.1) is 5.75 Å². The second-order valence-corrected chi connectivity index (χ2v) is 8.88. The van der Waals surface area contributed by atoms with Gasteiger partial charge in [-0.05, 0) is 39.8 Å². The van der Waals surface area contributed by atoms with Crippen LogP contribution < -0.4 is 10.1 Å². The fourth-order valence-electron chi connectivity index (χ4n) is 3.59. The zero-order valence-corrected chi connectivity index (χ0v) is 14.4. The van der Waals surface area contributed by atoms with Gasteiger partial charge in [-0.3, -0.25) is 4.79 Å². The van der Waals surface area contributed by atoms with Crippen LogP contribution in [0.25, 0.3) is 0 Å². The van der Waals surface area contributed by atoms with Gasteiger partial charge >= 0.3 is 6.03 Å². The highest BCUT2D eigenvalue weighted by Gasteiger charge is 2.54. The third-order valence-electron chi connectivity index (χ3n) is 5.33. The summed E-state index contributed by atoms with van der Waals surface area (Å²) in [5.74, 6) is -0.586. The van der Waals surface area contributed by atoms with Gasteiger partial charge in [-0.1, -0.05) is 19.3 Å². The number of amides is 3. The van der Waals surface area contributed by atoms with E-state index in [1.807, 2.05) is 19.0 Å². The molecule has 1 heterocycles. The van der Waals surface area contributed by atoms with Crippen LogP contribution in [0, 0.1) is 0 Å². The van der Waals surface area contributed by atoms with Gasteiger partial charge in [0, 0.05) is 5.54 Å². The van der Waals surface area contributed by atoms with Crippen LogP contribution >= 0.6 is 0 Å². The molecule has 3 amide bonds. The Morgan fingerprint density at radius 3 is 2.26 bits per heavy atom. The maximum Gasteiger partial charge on any atom is 0.340 e. The number of sulfonamides is 1. The van der Waals surface area contributed by atoms with E-state index in [0.717, 1.165) is 32.1 Å². The maximum absolute atomic E-state index is 12.6. The fraction of sp³-hybridized carbons (Fsp3) is 0.857. The second-order valence-electron chi connectivity index (χ2n) is 7.18. The van der Waals surface area contributed by atoms with Crippen LogP contribution in [0.15, 0.2) is 0 Å². The molecule has 0 bridgehead atoms. The molecule has 0 atom stereocenters. The average Bonchev–Trinajstić information content (AvgIpc) is 3.21. The van der Waals surface area contributed by atoms with Gasteiger partial charge < -0.3 is 10.2 Å². The van der Waals surface area contributed by atoms with Crippen LogP contribution in [0.5, 0.6) is 0 Å². The van der Waals surface area contributed by atoms with Crippen molar-refractivity contribution in [2.45, 2.75) is 56.0 Å². The fourth-order valence-corrected chi connectivity index (χ4v) is 5.35. The van der Waals surface area contributed by atoms with Crippen molar-refractivity contribution < 1.29 is 18.0 Å². The summed E-state index contributed by atoms with van der Waals surface area (Å²) in [6.07, 6.45) is 5.47. The molecule has 8 nitrogen and oxygen atoms in total. The molecule has 1 aliphatic heterocycles. The molecule has 3 aliphatic rings. The van der Waals surface area contributed by atoms with Crippen LogP contribution in [0.3, 0.4) is 0 Å². The highest BCUT2D eigenvalue weighted by Crippen LogP contribution is 2.41. The Hall–Kier alpha value is -1.19. The summed E-state index contributed by atoms with van der Waals surface area (Å²) in [7, 11) is -0.0927. The minimum Gasteiger partial charge on any atom is -0.322 e. The number of imide groups is 1. The SMILES string of the molecule is CN(C)C1(CS(=O)(=O)NN2C(=O)NC3(CCCCC3)C2=O)CC1. The minimum absolute atomic E-state index is 0.114. The molecule has 0 unspecified atom stereocenters. The third kappa shape index (κ3) is 2.97. The zero-order valence-electron chi connectivity index (χ0n) is 13.6. The van der Waals surface area contributed by atoms with Crippen molar-refractivity contribution in [2.24, 2.45) is 0 Å². The molecule has 0 aromatic heterocycles. The highest BCUT2D eigenvalue weighted by atomic mass is 32.2. The summed E-state index contributed by atoms with van der Waals surface area (Å²) in [6.45, 7) is 0. The zero-order chi connectivity index (χ0) is 16.9. The van der Waals surface area contributed by atoms with Crippen LogP contribution in [0.1, 0.15) is 44.9 Å². The molecule has 1 spiro atoms. The molecule has 3 fully saturated rings. The van der Waals surface area contributed by atoms with E-state index in [1.54, 1.807) is 0 Å². The lowest BCUT2D eigenvalue weighted by Crippen LogP contribution is -2.52. The number of urea groups is 1. The summed E-state index contributed by atoms with van der Waals surface area (Å²) < 4.78 is 24.8. The number of hydrogen-bond donors (Lipinski definition) is 2. The monoisotopic (exact) mass is 344 g/mol. The van der Waals surface area contributed by atoms with Gasteiger partial charge in [-0.2, -0.15) is 5.01 Å². The first-order chi connectivity index (χ1) is 10.7. The Kier molecular flexibility index (Phi) is 3.93. The van der Waals surface area contributed by atoms with Crippen molar-refractivity contribution in [1.29, 1.82) is 0 Å². The maximum atomic E-state index is 12.6. The summed E-state index contributed by atoms with van der Waals surface area (Å²) in [5, 5.41) is 3.35. The summed E-state index contributed by atoms with van der Waals surface area (Å²) in [5.41, 5.74) is -1.30. The molecule has 1 saturated heterocycles. The Bertz CT molecular complexity index is 621. The first-order valence-electron chi connectivity index (χ1n) is 8.04. The van der Waals surface area contributed by atoms with E-state index in [1.165, 1.54) is 0 Å². The van der Waals surface area contributed by atoms with E-state index in [2.05, 4.69) is 10.1 Å². The van der Waals surface area contributed by atoms with Crippen molar-refractivity contribution in [3.8, 4) is 0 Å². The molecule has 2 N–H and O–H groups in total. The standard InChI is InChI=1S/C14H24N4O4S/c1-17(2)13(8-9-13)10-23(21,22)16-18-11(19)14(15-12(18)20)6-4-3-5-7-14/h16H,3-10H2,1-2H3,(H,15,20). The first kappa shape index (κ1) is 16.7. The van der Waals surface area contributed by atoms with Crippen LogP contribution in [0.2, 0.25) is 0 Å². The summed E-state index contributed by atoms with van der Waals surface area (Å²) in [6, 6.07) is -0.671. The predicted octanol–water partition coefficient (Wildman–Crippen LogP) is 0.170. The number of carbonyl (C=O) groups excluding carboxylic acids is 2. The van der Waals surface area contributed by atoms with E-state index < -0.39 is 27.5 Å². The Balaban J connectivity index is 1.72. The molecule has 0 aromatic rings. The van der Waals surface area contributed by atoms with Gasteiger partial charge in [0.2, 0.25) is 10.0 Å². The van der Waals surface area contributed by atoms with Gasteiger partial charge in [-0.25, -0.2) is 13.2 Å². The molecular formula is C14H24N4O4S. The average molecular weight is 344 g/mol. The van der Waals surface area contributed by atoms with Gasteiger partial charge in [0.15, 0.2) is 0 Å². The van der Waals surface area contributed by atoms with E-state index >= 15 is 0 Å². The number of nitrogens with one attached hydrogen (secondary N) is 2. The lowest BCUT2D eigenvalue weighted by atomic mass is 9.82. The number of hydrogen-bond acceptors (Lipinski definition) is 5. The van der Waals surface area contributed by atoms with Gasteiger partial charge in [-0.15, -0.1) is 4.83 Å². The first-order valence-corrected chi connectivity index (χ1v) is 9.69. The van der Waals surface area contributed by atoms with Gasteiger partial charge in [0.1, 0.15) is 5.54 Å². The number of carbonyl (C=O) groups is 2. The number of nitrogens with zero attached hydrogens (tertiary/aromatic N) is 2. The molecule has 2 saturated carbocycles. The Labute approximate surface area is 136 Å². The quantitative estimate of drug-likeness (QED) is 0.693. The largest absolute Gasteiger partial charge is 0.340 e. The van der Waals surface area contributed by atoms with E-state index in [0.29, 0.717) is 17.9 Å². The van der Waals surface area contributed by atoms with Crippen molar-refractivity contribution in [3.63, 3.8) is 0 Å². The molecule has 2 aliphatic carbocycles. The highest BCUT2D eigenvalue weighted by molar-refractivity contribution is 7.89. The van der Waals surface area contributed by atoms with Crippen molar-refractivity contribution in [3.05, 3.63) is 0 Å². The lowest BCUT2D eigenvalue weighted by molar-refractivity contribution is -0.133. The predicted molar refractivity (Wildman–Crippen MR) is 83.8 cm³/mol. The van der Waals surface area contributed by atoms with Crippen LogP contribution in [0.4, 0.5) is 4.79 Å². The normalized spacial score (nSPS) is 26.0. The van der Waals surface area contributed by atoms with E-state index in [-0.39, 0.29) is 11.3 Å².